The van der Waals surface area contributed by atoms with E-state index in [9.17, 15) is 4.39 Å². The molecule has 1 aromatic carbocycles. The van der Waals surface area contributed by atoms with Gasteiger partial charge in [-0.15, -0.1) is 0 Å². The zero-order chi connectivity index (χ0) is 15.4. The van der Waals surface area contributed by atoms with E-state index in [1.807, 2.05) is 36.1 Å². The molecular formula is C17H21FN2O2. The molecule has 0 spiro atoms. The molecule has 1 saturated heterocycles. The number of hydrogen-bond acceptors (Lipinski definition) is 4. The summed E-state index contributed by atoms with van der Waals surface area (Å²) in [5.74, 6) is 0.698. The number of ether oxygens (including phenoxy) is 1. The van der Waals surface area contributed by atoms with Gasteiger partial charge in [-0.1, -0.05) is 6.07 Å². The van der Waals surface area contributed by atoms with Crippen molar-refractivity contribution in [2.24, 2.45) is 0 Å². The highest BCUT2D eigenvalue weighted by molar-refractivity contribution is 5.49. The number of anilines is 1. The summed E-state index contributed by atoms with van der Waals surface area (Å²) in [6, 6.07) is 9.29. The Morgan fingerprint density at radius 1 is 1.27 bits per heavy atom. The van der Waals surface area contributed by atoms with E-state index in [1.165, 1.54) is 0 Å². The van der Waals surface area contributed by atoms with Gasteiger partial charge in [-0.25, -0.2) is 4.39 Å². The van der Waals surface area contributed by atoms with Gasteiger partial charge in [0.15, 0.2) is 0 Å². The molecule has 0 aliphatic carbocycles. The Kier molecular flexibility index (Phi) is 4.75. The maximum absolute atomic E-state index is 14.4. The molecule has 1 aliphatic rings. The molecule has 1 atom stereocenters. The molecule has 1 N–H and O–H groups in total. The molecule has 22 heavy (non-hydrogen) atoms. The van der Waals surface area contributed by atoms with Gasteiger partial charge in [0, 0.05) is 19.1 Å². The SMILES string of the molecule is C[C@@H](NCc1ccco1)c1ccc(N2CCOCC2)c(F)c1. The Bertz CT molecular complexity index is 595. The summed E-state index contributed by atoms with van der Waals surface area (Å²) in [5.41, 5.74) is 1.59. The van der Waals surface area contributed by atoms with E-state index in [0.29, 0.717) is 25.4 Å². The van der Waals surface area contributed by atoms with Gasteiger partial charge in [-0.2, -0.15) is 0 Å². The Labute approximate surface area is 129 Å². The predicted octanol–water partition coefficient (Wildman–Crippen LogP) is 3.11. The fraction of sp³-hybridized carbons (Fsp3) is 0.412. The average molecular weight is 304 g/mol. The van der Waals surface area contributed by atoms with Crippen LogP contribution in [0.5, 0.6) is 0 Å². The molecule has 0 amide bonds. The maximum Gasteiger partial charge on any atom is 0.146 e. The molecule has 2 aromatic rings. The largest absolute Gasteiger partial charge is 0.468 e. The average Bonchev–Trinajstić information content (AvgIpc) is 3.07. The van der Waals surface area contributed by atoms with Crippen LogP contribution in [0.15, 0.2) is 41.0 Å². The van der Waals surface area contributed by atoms with Crippen molar-refractivity contribution in [1.82, 2.24) is 5.32 Å². The Morgan fingerprint density at radius 2 is 2.09 bits per heavy atom. The fourth-order valence-corrected chi connectivity index (χ4v) is 2.64. The van der Waals surface area contributed by atoms with E-state index in [0.717, 1.165) is 24.4 Å². The molecule has 5 heteroatoms. The summed E-state index contributed by atoms with van der Waals surface area (Å²) >= 11 is 0. The van der Waals surface area contributed by atoms with Gasteiger partial charge in [0.25, 0.3) is 0 Å². The summed E-state index contributed by atoms with van der Waals surface area (Å²) in [5, 5.41) is 3.33. The zero-order valence-corrected chi connectivity index (χ0v) is 12.7. The van der Waals surface area contributed by atoms with E-state index >= 15 is 0 Å². The van der Waals surface area contributed by atoms with Gasteiger partial charge in [-0.3, -0.25) is 0 Å². The smallest absolute Gasteiger partial charge is 0.146 e. The summed E-state index contributed by atoms with van der Waals surface area (Å²) in [6.45, 7) is 5.43. The van der Waals surface area contributed by atoms with Gasteiger partial charge in [-0.05, 0) is 36.8 Å². The molecule has 1 aromatic heterocycles. The van der Waals surface area contributed by atoms with Crippen molar-refractivity contribution in [3.63, 3.8) is 0 Å². The van der Waals surface area contributed by atoms with Crippen LogP contribution < -0.4 is 10.2 Å². The molecule has 0 saturated carbocycles. The van der Waals surface area contributed by atoms with Crippen molar-refractivity contribution in [3.05, 3.63) is 53.7 Å². The van der Waals surface area contributed by atoms with Gasteiger partial charge in [0.2, 0.25) is 0 Å². The minimum Gasteiger partial charge on any atom is -0.468 e. The second kappa shape index (κ2) is 6.94. The van der Waals surface area contributed by atoms with Crippen LogP contribution in [0.1, 0.15) is 24.3 Å². The van der Waals surface area contributed by atoms with E-state index in [1.54, 1.807) is 12.3 Å². The Balaban J connectivity index is 1.65. The van der Waals surface area contributed by atoms with Crippen molar-refractivity contribution < 1.29 is 13.5 Å². The van der Waals surface area contributed by atoms with E-state index in [2.05, 4.69) is 5.32 Å². The molecule has 3 rings (SSSR count). The van der Waals surface area contributed by atoms with Gasteiger partial charge in [0.05, 0.1) is 31.7 Å². The van der Waals surface area contributed by atoms with Crippen molar-refractivity contribution in [3.8, 4) is 0 Å². The van der Waals surface area contributed by atoms with Crippen molar-refractivity contribution in [2.75, 3.05) is 31.2 Å². The van der Waals surface area contributed by atoms with Crippen LogP contribution in [0.4, 0.5) is 10.1 Å². The van der Waals surface area contributed by atoms with Crippen molar-refractivity contribution in [1.29, 1.82) is 0 Å². The van der Waals surface area contributed by atoms with Gasteiger partial charge < -0.3 is 19.4 Å². The topological polar surface area (TPSA) is 37.6 Å². The minimum atomic E-state index is -0.175. The molecule has 118 valence electrons. The van der Waals surface area contributed by atoms with Crippen molar-refractivity contribution >= 4 is 5.69 Å². The number of nitrogens with one attached hydrogen (secondary N) is 1. The first kappa shape index (κ1) is 15.1. The van der Waals surface area contributed by atoms with Gasteiger partial charge in [0.1, 0.15) is 11.6 Å². The summed E-state index contributed by atoms with van der Waals surface area (Å²) in [4.78, 5) is 2.03. The third kappa shape index (κ3) is 3.48. The number of nitrogens with zero attached hydrogens (tertiary/aromatic N) is 1. The van der Waals surface area contributed by atoms with Crippen LogP contribution in [0.2, 0.25) is 0 Å². The van der Waals surface area contributed by atoms with Crippen LogP contribution in [0.3, 0.4) is 0 Å². The molecule has 2 heterocycles. The molecule has 0 radical (unpaired) electrons. The highest BCUT2D eigenvalue weighted by atomic mass is 19.1. The Hall–Kier alpha value is -1.85. The number of hydrogen-bond donors (Lipinski definition) is 1. The molecule has 0 bridgehead atoms. The second-order valence-electron chi connectivity index (χ2n) is 5.49. The molecular weight excluding hydrogens is 283 g/mol. The van der Waals surface area contributed by atoms with Crippen LogP contribution in [-0.4, -0.2) is 26.3 Å². The molecule has 0 unspecified atom stereocenters. The van der Waals surface area contributed by atoms with E-state index in [4.69, 9.17) is 9.15 Å². The maximum atomic E-state index is 14.4. The standard InChI is InChI=1S/C17H21FN2O2/c1-13(19-12-15-3-2-8-22-15)14-4-5-17(16(18)11-14)20-6-9-21-10-7-20/h2-5,8,11,13,19H,6-7,9-10,12H2,1H3/t13-/m1/s1. The number of furan rings is 1. The summed E-state index contributed by atoms with van der Waals surface area (Å²) in [6.07, 6.45) is 1.65. The first-order valence-electron chi connectivity index (χ1n) is 7.62. The predicted molar refractivity (Wildman–Crippen MR) is 83.4 cm³/mol. The van der Waals surface area contributed by atoms with Crippen LogP contribution in [0.25, 0.3) is 0 Å². The third-order valence-electron chi connectivity index (χ3n) is 3.99. The monoisotopic (exact) mass is 304 g/mol. The number of benzene rings is 1. The zero-order valence-electron chi connectivity index (χ0n) is 12.7. The summed E-state index contributed by atoms with van der Waals surface area (Å²) in [7, 11) is 0. The van der Waals surface area contributed by atoms with E-state index in [-0.39, 0.29) is 11.9 Å². The first-order chi connectivity index (χ1) is 10.7. The second-order valence-corrected chi connectivity index (χ2v) is 5.49. The molecule has 1 fully saturated rings. The van der Waals surface area contributed by atoms with E-state index < -0.39 is 0 Å². The van der Waals surface area contributed by atoms with Crippen molar-refractivity contribution in [2.45, 2.75) is 19.5 Å². The lowest BCUT2D eigenvalue weighted by molar-refractivity contribution is 0.122. The Morgan fingerprint density at radius 3 is 2.77 bits per heavy atom. The van der Waals surface area contributed by atoms with Crippen LogP contribution >= 0.6 is 0 Å². The lowest BCUT2D eigenvalue weighted by Crippen LogP contribution is -2.36. The fourth-order valence-electron chi connectivity index (χ4n) is 2.64. The first-order valence-corrected chi connectivity index (χ1v) is 7.62. The highest BCUT2D eigenvalue weighted by Crippen LogP contribution is 2.24. The molecule has 4 nitrogen and oxygen atoms in total. The third-order valence-corrected chi connectivity index (χ3v) is 3.99. The quantitative estimate of drug-likeness (QED) is 0.921. The lowest BCUT2D eigenvalue weighted by Gasteiger charge is -2.29. The number of rotatable bonds is 5. The van der Waals surface area contributed by atoms with Crippen LogP contribution in [-0.2, 0) is 11.3 Å². The normalized spacial score (nSPS) is 16.7. The highest BCUT2D eigenvalue weighted by Gasteiger charge is 2.16. The lowest BCUT2D eigenvalue weighted by atomic mass is 10.1. The number of halogens is 1. The number of morpholine rings is 1. The minimum absolute atomic E-state index is 0.0540. The van der Waals surface area contributed by atoms with Crippen LogP contribution in [0, 0.1) is 5.82 Å². The summed E-state index contributed by atoms with van der Waals surface area (Å²) < 4.78 is 25.0. The molecule has 1 aliphatic heterocycles. The van der Waals surface area contributed by atoms with Gasteiger partial charge >= 0.3 is 0 Å².